The summed E-state index contributed by atoms with van der Waals surface area (Å²) in [6.45, 7) is 5.64. The van der Waals surface area contributed by atoms with Crippen LogP contribution in [-0.4, -0.2) is 73.0 Å². The van der Waals surface area contributed by atoms with Gasteiger partial charge in [0.15, 0.2) is 14.9 Å². The summed E-state index contributed by atoms with van der Waals surface area (Å²) in [4.78, 5) is 21.5. The quantitative estimate of drug-likeness (QED) is 0.460. The van der Waals surface area contributed by atoms with E-state index in [4.69, 9.17) is 27.9 Å². The minimum absolute atomic E-state index is 0.0103. The number of piperazine rings is 1. The van der Waals surface area contributed by atoms with Crippen LogP contribution in [0.2, 0.25) is 10.0 Å². The number of sulfone groups is 1. The molecule has 1 aromatic carbocycles. The number of ether oxygens (including phenoxy) is 1. The number of methoxy groups -OCH3 is 1. The molecule has 1 aliphatic rings. The average molecular weight is 552 g/mol. The summed E-state index contributed by atoms with van der Waals surface area (Å²) in [6, 6.07) is 10.3. The van der Waals surface area contributed by atoms with Crippen LogP contribution < -0.4 is 9.64 Å². The van der Waals surface area contributed by atoms with Crippen LogP contribution in [0.1, 0.15) is 12.6 Å². The molecule has 0 N–H and O–H groups in total. The molecular weight excluding hydrogens is 525 g/mol. The zero-order valence-electron chi connectivity index (χ0n) is 20.4. The topological polar surface area (TPSA) is 97.6 Å². The second-order valence-corrected chi connectivity index (χ2v) is 11.5. The van der Waals surface area contributed by atoms with Gasteiger partial charge < -0.3 is 14.5 Å². The first-order valence-corrected chi connectivity index (χ1v) is 13.9. The maximum absolute atomic E-state index is 13.2. The zero-order valence-corrected chi connectivity index (χ0v) is 22.7. The van der Waals surface area contributed by atoms with E-state index in [-0.39, 0.29) is 23.5 Å². The van der Waals surface area contributed by atoms with E-state index in [1.165, 1.54) is 10.7 Å². The lowest BCUT2D eigenvalue weighted by atomic mass is 10.1. The highest BCUT2D eigenvalue weighted by atomic mass is 35.5. The summed E-state index contributed by atoms with van der Waals surface area (Å²) < 4.78 is 30.7. The number of nitrogens with zero attached hydrogens (tertiary/aromatic N) is 5. The molecule has 0 spiro atoms. The Labute approximate surface area is 220 Å². The Morgan fingerprint density at radius 1 is 1.19 bits per heavy atom. The van der Waals surface area contributed by atoms with Crippen LogP contribution in [0.25, 0.3) is 11.4 Å². The number of anilines is 1. The number of aromatic nitrogens is 3. The van der Waals surface area contributed by atoms with Gasteiger partial charge in [0.1, 0.15) is 18.0 Å². The number of carbonyl (C=O) groups is 1. The molecule has 3 heterocycles. The number of hydrogen-bond donors (Lipinski definition) is 0. The molecule has 12 heteroatoms. The van der Waals surface area contributed by atoms with Gasteiger partial charge in [0.05, 0.1) is 28.5 Å². The van der Waals surface area contributed by atoms with Crippen molar-refractivity contribution in [3.05, 3.63) is 52.1 Å². The standard InChI is InChI=1S/C24H27Cl2N5O4S/c1-15-13-29(17-8-9-18(25)20(12-17)35-3)10-11-30(15)22(32)14-31-16(2)23(26)24(28-31)19-6-5-7-21(27-19)36(4,33)34/h5-9,12,15H,10-11,13-14H2,1-4H3. The lowest BCUT2D eigenvalue weighted by Gasteiger charge is -2.41. The second-order valence-electron chi connectivity index (χ2n) is 8.74. The Balaban J connectivity index is 1.49. The number of halogens is 2. The van der Waals surface area contributed by atoms with Gasteiger partial charge in [0.2, 0.25) is 5.91 Å². The number of rotatable bonds is 6. The van der Waals surface area contributed by atoms with Crippen molar-refractivity contribution in [3.63, 3.8) is 0 Å². The first kappa shape index (κ1) is 26.2. The molecule has 3 aromatic rings. The molecule has 36 heavy (non-hydrogen) atoms. The number of carbonyl (C=O) groups excluding carboxylic acids is 1. The van der Waals surface area contributed by atoms with Crippen LogP contribution in [-0.2, 0) is 21.2 Å². The Morgan fingerprint density at radius 2 is 1.94 bits per heavy atom. The van der Waals surface area contributed by atoms with Crippen molar-refractivity contribution in [2.24, 2.45) is 0 Å². The van der Waals surface area contributed by atoms with E-state index in [0.717, 1.165) is 11.9 Å². The van der Waals surface area contributed by atoms with Gasteiger partial charge in [-0.2, -0.15) is 5.10 Å². The van der Waals surface area contributed by atoms with Crippen LogP contribution in [0.5, 0.6) is 5.75 Å². The Kier molecular flexibility index (Phi) is 7.49. The van der Waals surface area contributed by atoms with Crippen LogP contribution in [0, 0.1) is 6.92 Å². The molecule has 2 aromatic heterocycles. The lowest BCUT2D eigenvalue weighted by Crippen LogP contribution is -2.54. The molecule has 1 amide bonds. The average Bonchev–Trinajstić information content (AvgIpc) is 3.12. The van der Waals surface area contributed by atoms with Crippen molar-refractivity contribution in [2.75, 3.05) is 37.9 Å². The van der Waals surface area contributed by atoms with E-state index in [9.17, 15) is 13.2 Å². The largest absolute Gasteiger partial charge is 0.495 e. The molecule has 1 fully saturated rings. The zero-order chi connectivity index (χ0) is 26.2. The van der Waals surface area contributed by atoms with E-state index in [2.05, 4.69) is 15.0 Å². The predicted molar refractivity (Wildman–Crippen MR) is 140 cm³/mol. The van der Waals surface area contributed by atoms with Crippen molar-refractivity contribution in [3.8, 4) is 17.1 Å². The first-order valence-electron chi connectivity index (χ1n) is 11.3. The maximum Gasteiger partial charge on any atom is 0.244 e. The Morgan fingerprint density at radius 3 is 2.61 bits per heavy atom. The van der Waals surface area contributed by atoms with Crippen molar-refractivity contribution in [2.45, 2.75) is 31.5 Å². The van der Waals surface area contributed by atoms with Crippen molar-refractivity contribution >= 4 is 44.6 Å². The fourth-order valence-corrected chi connectivity index (χ4v) is 5.24. The monoisotopic (exact) mass is 551 g/mol. The highest BCUT2D eigenvalue weighted by molar-refractivity contribution is 7.90. The van der Waals surface area contributed by atoms with E-state index in [1.54, 1.807) is 32.2 Å². The second kappa shape index (κ2) is 10.3. The highest BCUT2D eigenvalue weighted by Gasteiger charge is 2.29. The third kappa shape index (κ3) is 5.30. The van der Waals surface area contributed by atoms with Gasteiger partial charge in [-0.15, -0.1) is 0 Å². The Bertz CT molecular complexity index is 1410. The van der Waals surface area contributed by atoms with Gasteiger partial charge in [-0.25, -0.2) is 13.4 Å². The summed E-state index contributed by atoms with van der Waals surface area (Å²) in [5, 5.41) is 5.31. The summed E-state index contributed by atoms with van der Waals surface area (Å²) in [7, 11) is -1.91. The normalized spacial score (nSPS) is 16.3. The van der Waals surface area contributed by atoms with Crippen LogP contribution >= 0.6 is 23.2 Å². The molecule has 192 valence electrons. The molecule has 0 aliphatic carbocycles. The number of benzene rings is 1. The minimum Gasteiger partial charge on any atom is -0.495 e. The van der Waals surface area contributed by atoms with E-state index >= 15 is 0 Å². The van der Waals surface area contributed by atoms with Gasteiger partial charge in [0, 0.05) is 43.7 Å². The minimum atomic E-state index is -3.49. The van der Waals surface area contributed by atoms with Gasteiger partial charge in [-0.05, 0) is 38.1 Å². The highest BCUT2D eigenvalue weighted by Crippen LogP contribution is 2.31. The van der Waals surface area contributed by atoms with E-state index in [0.29, 0.717) is 52.5 Å². The molecule has 9 nitrogen and oxygen atoms in total. The summed E-state index contributed by atoms with van der Waals surface area (Å²) in [5.41, 5.74) is 2.25. The van der Waals surface area contributed by atoms with Gasteiger partial charge in [-0.1, -0.05) is 29.3 Å². The molecule has 1 saturated heterocycles. The third-order valence-electron chi connectivity index (χ3n) is 6.21. The van der Waals surface area contributed by atoms with Crippen LogP contribution in [0.15, 0.2) is 41.4 Å². The molecule has 1 unspecified atom stereocenters. The SMILES string of the molecule is COc1cc(N2CCN(C(=O)Cn3nc(-c4cccc(S(C)(=O)=O)n4)c(Cl)c3C)C(C)C2)ccc1Cl. The number of hydrogen-bond acceptors (Lipinski definition) is 7. The van der Waals surface area contributed by atoms with E-state index < -0.39 is 9.84 Å². The van der Waals surface area contributed by atoms with Crippen molar-refractivity contribution in [1.29, 1.82) is 0 Å². The molecule has 0 saturated carbocycles. The summed E-state index contributed by atoms with van der Waals surface area (Å²) >= 11 is 12.7. The first-order chi connectivity index (χ1) is 17.0. The smallest absolute Gasteiger partial charge is 0.244 e. The van der Waals surface area contributed by atoms with Crippen LogP contribution in [0.4, 0.5) is 5.69 Å². The number of pyridine rings is 1. The maximum atomic E-state index is 13.2. The fourth-order valence-electron chi connectivity index (χ4n) is 4.22. The summed E-state index contributed by atoms with van der Waals surface area (Å²) in [6.07, 6.45) is 1.09. The van der Waals surface area contributed by atoms with Gasteiger partial charge in [0.25, 0.3) is 0 Å². The van der Waals surface area contributed by atoms with Crippen molar-refractivity contribution in [1.82, 2.24) is 19.7 Å². The third-order valence-corrected chi connectivity index (χ3v) is 7.96. The fraction of sp³-hybridized carbons (Fsp3) is 0.375. The summed E-state index contributed by atoms with van der Waals surface area (Å²) in [5.74, 6) is 0.529. The molecular formula is C24H27Cl2N5O4S. The number of amides is 1. The molecule has 4 rings (SSSR count). The van der Waals surface area contributed by atoms with Gasteiger partial charge in [-0.3, -0.25) is 9.48 Å². The molecule has 1 aliphatic heterocycles. The lowest BCUT2D eigenvalue weighted by molar-refractivity contribution is -0.134. The van der Waals surface area contributed by atoms with Crippen LogP contribution in [0.3, 0.4) is 0 Å². The molecule has 0 bridgehead atoms. The van der Waals surface area contributed by atoms with E-state index in [1.807, 2.05) is 24.0 Å². The Hall–Kier alpha value is -2.82. The predicted octanol–water partition coefficient (Wildman–Crippen LogP) is 3.71. The van der Waals surface area contributed by atoms with Crippen molar-refractivity contribution < 1.29 is 17.9 Å². The molecule has 1 atom stereocenters. The van der Waals surface area contributed by atoms with Gasteiger partial charge >= 0.3 is 0 Å². The molecule has 0 radical (unpaired) electrons.